The highest BCUT2D eigenvalue weighted by Crippen LogP contribution is 2.24. The summed E-state index contributed by atoms with van der Waals surface area (Å²) >= 11 is 3.40. The highest BCUT2D eigenvalue weighted by atomic mass is 79.9. The van der Waals surface area contributed by atoms with Gasteiger partial charge in [-0.25, -0.2) is 4.79 Å². The quantitative estimate of drug-likeness (QED) is 0.782. The fourth-order valence-electron chi connectivity index (χ4n) is 2.60. The van der Waals surface area contributed by atoms with E-state index in [9.17, 15) is 14.7 Å². The van der Waals surface area contributed by atoms with Gasteiger partial charge < -0.3 is 14.7 Å². The second-order valence-corrected chi connectivity index (χ2v) is 6.17. The molecule has 1 atom stereocenters. The van der Waals surface area contributed by atoms with Gasteiger partial charge in [0, 0.05) is 13.0 Å². The van der Waals surface area contributed by atoms with Crippen molar-refractivity contribution in [2.75, 3.05) is 13.2 Å². The molecule has 1 aliphatic heterocycles. The molecule has 1 N–H and O–H groups in total. The van der Waals surface area contributed by atoms with E-state index in [4.69, 9.17) is 4.74 Å². The lowest BCUT2D eigenvalue weighted by Gasteiger charge is -2.33. The molecule has 0 spiro atoms. The summed E-state index contributed by atoms with van der Waals surface area (Å²) in [5.41, 5.74) is 0. The number of carbonyl (C=O) groups excluding carboxylic acids is 1. The lowest BCUT2D eigenvalue weighted by molar-refractivity contribution is -0.152. The number of benzene rings is 1. The number of hydrogen-bond donors (Lipinski definition) is 1. The fourth-order valence-corrected chi connectivity index (χ4v) is 3.00. The van der Waals surface area contributed by atoms with Gasteiger partial charge in [0.1, 0.15) is 11.8 Å². The molecular weight excluding hydrogens is 350 g/mol. The minimum absolute atomic E-state index is 0.0946. The summed E-state index contributed by atoms with van der Waals surface area (Å²) in [6.07, 6.45) is 3.18. The molecule has 0 radical (unpaired) electrons. The molecule has 1 aromatic rings. The standard InChI is InChI=1S/C16H20BrNO4/c17-12-6-1-2-8-14(12)22-11-5-9-15(19)18-10-4-3-7-13(18)16(20)21/h1-2,6,8,13H,3-5,7,9-11H2,(H,20,21). The van der Waals surface area contributed by atoms with Crippen molar-refractivity contribution < 1.29 is 19.4 Å². The van der Waals surface area contributed by atoms with E-state index in [1.807, 2.05) is 24.3 Å². The van der Waals surface area contributed by atoms with Gasteiger partial charge in [-0.15, -0.1) is 0 Å². The van der Waals surface area contributed by atoms with Crippen molar-refractivity contribution in [2.24, 2.45) is 0 Å². The first-order valence-corrected chi connectivity index (χ1v) is 8.28. The van der Waals surface area contributed by atoms with Gasteiger partial charge in [-0.3, -0.25) is 4.79 Å². The van der Waals surface area contributed by atoms with Crippen LogP contribution in [0.1, 0.15) is 32.1 Å². The van der Waals surface area contributed by atoms with Crippen LogP contribution in [-0.4, -0.2) is 41.1 Å². The molecule has 22 heavy (non-hydrogen) atoms. The number of para-hydroxylation sites is 1. The Morgan fingerprint density at radius 3 is 2.82 bits per heavy atom. The second kappa shape index (κ2) is 8.17. The molecule has 1 saturated heterocycles. The minimum atomic E-state index is -0.905. The maximum Gasteiger partial charge on any atom is 0.326 e. The van der Waals surface area contributed by atoms with Gasteiger partial charge >= 0.3 is 5.97 Å². The van der Waals surface area contributed by atoms with E-state index < -0.39 is 12.0 Å². The van der Waals surface area contributed by atoms with Crippen LogP contribution in [0.5, 0.6) is 5.75 Å². The smallest absolute Gasteiger partial charge is 0.326 e. The van der Waals surface area contributed by atoms with Crippen LogP contribution in [0.2, 0.25) is 0 Å². The number of aliphatic carboxylic acids is 1. The summed E-state index contributed by atoms with van der Waals surface area (Å²) in [6, 6.07) is 6.88. The third kappa shape index (κ3) is 4.47. The normalized spacial score (nSPS) is 18.0. The molecular formula is C16H20BrNO4. The fraction of sp³-hybridized carbons (Fsp3) is 0.500. The highest BCUT2D eigenvalue weighted by Gasteiger charge is 2.31. The van der Waals surface area contributed by atoms with Crippen LogP contribution < -0.4 is 4.74 Å². The lowest BCUT2D eigenvalue weighted by atomic mass is 10.0. The first kappa shape index (κ1) is 16.8. The molecule has 5 nitrogen and oxygen atoms in total. The first-order valence-electron chi connectivity index (χ1n) is 7.49. The Hall–Kier alpha value is -1.56. The van der Waals surface area contributed by atoms with Crippen LogP contribution in [0.25, 0.3) is 0 Å². The van der Waals surface area contributed by atoms with E-state index >= 15 is 0 Å². The van der Waals surface area contributed by atoms with Crippen molar-refractivity contribution in [3.05, 3.63) is 28.7 Å². The Bertz CT molecular complexity index is 535. The number of carboxylic acids is 1. The van der Waals surface area contributed by atoms with Gasteiger partial charge in [0.25, 0.3) is 0 Å². The predicted molar refractivity (Wildman–Crippen MR) is 85.9 cm³/mol. The third-order valence-electron chi connectivity index (χ3n) is 3.74. The summed E-state index contributed by atoms with van der Waals surface area (Å²) in [6.45, 7) is 0.973. The molecule has 120 valence electrons. The van der Waals surface area contributed by atoms with Crippen molar-refractivity contribution in [3.63, 3.8) is 0 Å². The predicted octanol–water partition coefficient (Wildman–Crippen LogP) is 3.07. The minimum Gasteiger partial charge on any atom is -0.492 e. The van der Waals surface area contributed by atoms with E-state index in [0.29, 0.717) is 32.4 Å². The molecule has 2 rings (SSSR count). The summed E-state index contributed by atoms with van der Waals surface area (Å²) in [5, 5.41) is 9.18. The Kier molecular flexibility index (Phi) is 6.24. The average Bonchev–Trinajstić information content (AvgIpc) is 2.52. The van der Waals surface area contributed by atoms with E-state index in [-0.39, 0.29) is 5.91 Å². The number of nitrogens with zero attached hydrogens (tertiary/aromatic N) is 1. The Morgan fingerprint density at radius 1 is 1.32 bits per heavy atom. The van der Waals surface area contributed by atoms with Crippen molar-refractivity contribution in [1.82, 2.24) is 4.90 Å². The SMILES string of the molecule is O=C(O)C1CCCCN1C(=O)CCCOc1ccccc1Br. The van der Waals surface area contributed by atoms with Gasteiger partial charge in [-0.1, -0.05) is 12.1 Å². The average molecular weight is 370 g/mol. The first-order chi connectivity index (χ1) is 10.6. The number of carboxylic acid groups (broad SMARTS) is 1. The van der Waals surface area contributed by atoms with Crippen LogP contribution in [0.15, 0.2) is 28.7 Å². The number of ether oxygens (including phenoxy) is 1. The molecule has 1 aliphatic rings. The molecule has 1 aromatic carbocycles. The zero-order valence-electron chi connectivity index (χ0n) is 12.3. The number of rotatable bonds is 6. The van der Waals surface area contributed by atoms with Crippen molar-refractivity contribution >= 4 is 27.8 Å². The third-order valence-corrected chi connectivity index (χ3v) is 4.39. The van der Waals surface area contributed by atoms with E-state index in [1.54, 1.807) is 0 Å². The lowest BCUT2D eigenvalue weighted by Crippen LogP contribution is -2.47. The molecule has 1 amide bonds. The summed E-state index contributed by atoms with van der Waals surface area (Å²) in [5.74, 6) is -0.253. The number of amides is 1. The Labute approximate surface area is 138 Å². The monoisotopic (exact) mass is 369 g/mol. The Balaban J connectivity index is 1.77. The second-order valence-electron chi connectivity index (χ2n) is 5.32. The number of piperidine rings is 1. The van der Waals surface area contributed by atoms with E-state index in [1.165, 1.54) is 4.90 Å². The zero-order valence-corrected chi connectivity index (χ0v) is 13.9. The molecule has 0 bridgehead atoms. The molecule has 6 heteroatoms. The molecule has 1 fully saturated rings. The maximum atomic E-state index is 12.2. The van der Waals surface area contributed by atoms with Crippen molar-refractivity contribution in [1.29, 1.82) is 0 Å². The van der Waals surface area contributed by atoms with Gasteiger partial charge in [-0.2, -0.15) is 0 Å². The molecule has 0 aliphatic carbocycles. The van der Waals surface area contributed by atoms with Crippen LogP contribution in [0.3, 0.4) is 0 Å². The number of halogens is 1. The van der Waals surface area contributed by atoms with E-state index in [0.717, 1.165) is 23.1 Å². The highest BCUT2D eigenvalue weighted by molar-refractivity contribution is 9.10. The summed E-state index contributed by atoms with van der Waals surface area (Å²) in [7, 11) is 0. The molecule has 1 unspecified atom stereocenters. The van der Waals surface area contributed by atoms with E-state index in [2.05, 4.69) is 15.9 Å². The maximum absolute atomic E-state index is 12.2. The topological polar surface area (TPSA) is 66.8 Å². The van der Waals surface area contributed by atoms with Gasteiger partial charge in [-0.05, 0) is 53.7 Å². The largest absolute Gasteiger partial charge is 0.492 e. The number of carbonyl (C=O) groups is 2. The van der Waals surface area contributed by atoms with Crippen molar-refractivity contribution in [3.8, 4) is 5.75 Å². The molecule has 0 aromatic heterocycles. The van der Waals surface area contributed by atoms with Gasteiger partial charge in [0.05, 0.1) is 11.1 Å². The van der Waals surface area contributed by atoms with Crippen LogP contribution in [0.4, 0.5) is 0 Å². The summed E-state index contributed by atoms with van der Waals surface area (Å²) in [4.78, 5) is 24.9. The number of likely N-dealkylation sites (tertiary alicyclic amines) is 1. The molecule has 1 heterocycles. The zero-order chi connectivity index (χ0) is 15.9. The van der Waals surface area contributed by atoms with Crippen LogP contribution in [-0.2, 0) is 9.59 Å². The molecule has 0 saturated carbocycles. The van der Waals surface area contributed by atoms with Crippen LogP contribution in [0, 0.1) is 0 Å². The van der Waals surface area contributed by atoms with Gasteiger partial charge in [0.15, 0.2) is 0 Å². The summed E-state index contributed by atoms with van der Waals surface area (Å²) < 4.78 is 6.49. The van der Waals surface area contributed by atoms with Crippen LogP contribution >= 0.6 is 15.9 Å². The number of hydrogen-bond acceptors (Lipinski definition) is 3. The van der Waals surface area contributed by atoms with Crippen molar-refractivity contribution in [2.45, 2.75) is 38.1 Å². The Morgan fingerprint density at radius 2 is 2.09 bits per heavy atom. The van der Waals surface area contributed by atoms with Gasteiger partial charge in [0.2, 0.25) is 5.91 Å².